The molecule has 0 N–H and O–H groups in total. The molecule has 0 heterocycles. The van der Waals surface area contributed by atoms with E-state index in [1.165, 1.54) is 0 Å². The average Bonchev–Trinajstić information content (AvgIpc) is 2.28. The van der Waals surface area contributed by atoms with Crippen molar-refractivity contribution in [3.63, 3.8) is 0 Å². The first-order chi connectivity index (χ1) is 8.22. The minimum atomic E-state index is -0.391. The van der Waals surface area contributed by atoms with Gasteiger partial charge >= 0.3 is 5.97 Å². The molecule has 0 aromatic heterocycles. The summed E-state index contributed by atoms with van der Waals surface area (Å²) >= 11 is 0. The zero-order valence-corrected chi connectivity index (χ0v) is 12.3. The predicted molar refractivity (Wildman–Crippen MR) is 72.4 cm³/mol. The summed E-state index contributed by atoms with van der Waals surface area (Å²) in [7, 11) is 1.74. The van der Waals surface area contributed by atoms with Crippen LogP contribution in [0.3, 0.4) is 0 Å². The summed E-state index contributed by atoms with van der Waals surface area (Å²) < 4.78 is 11.2. The highest BCUT2D eigenvalue weighted by atomic mass is 16.6. The van der Waals surface area contributed by atoms with Crippen LogP contribution in [0.4, 0.5) is 0 Å². The molecule has 18 heavy (non-hydrogen) atoms. The maximum atomic E-state index is 11.9. The molecule has 0 saturated heterocycles. The van der Waals surface area contributed by atoms with Crippen LogP contribution in [0.5, 0.6) is 0 Å². The lowest BCUT2D eigenvalue weighted by atomic mass is 9.67. The van der Waals surface area contributed by atoms with Crippen LogP contribution in [0, 0.1) is 5.41 Å². The van der Waals surface area contributed by atoms with E-state index >= 15 is 0 Å². The van der Waals surface area contributed by atoms with Crippen LogP contribution in [0.15, 0.2) is 12.2 Å². The van der Waals surface area contributed by atoms with Gasteiger partial charge in [0.2, 0.25) is 0 Å². The van der Waals surface area contributed by atoms with E-state index < -0.39 is 5.60 Å². The van der Waals surface area contributed by atoms with Crippen molar-refractivity contribution in [2.45, 2.75) is 65.1 Å². The third-order valence-corrected chi connectivity index (χ3v) is 4.08. The number of carbonyl (C=O) groups excluding carboxylic acids is 1. The Labute approximate surface area is 111 Å². The molecule has 0 bridgehead atoms. The molecular formula is C15H26O3. The van der Waals surface area contributed by atoms with Crippen LogP contribution in [0.25, 0.3) is 0 Å². The van der Waals surface area contributed by atoms with Crippen molar-refractivity contribution in [3.05, 3.63) is 12.2 Å². The fourth-order valence-corrected chi connectivity index (χ4v) is 2.56. The van der Waals surface area contributed by atoms with Crippen molar-refractivity contribution in [3.8, 4) is 0 Å². The molecule has 3 heteroatoms. The van der Waals surface area contributed by atoms with E-state index in [0.29, 0.717) is 11.7 Å². The molecule has 1 fully saturated rings. The molecule has 0 aromatic rings. The van der Waals surface area contributed by atoms with Gasteiger partial charge in [-0.1, -0.05) is 27.4 Å². The van der Waals surface area contributed by atoms with Crippen molar-refractivity contribution in [2.75, 3.05) is 7.11 Å². The second-order valence-corrected chi connectivity index (χ2v) is 6.35. The third kappa shape index (κ3) is 3.14. The lowest BCUT2D eigenvalue weighted by Crippen LogP contribution is -2.50. The molecule has 0 amide bonds. The molecule has 0 radical (unpaired) electrons. The van der Waals surface area contributed by atoms with E-state index in [2.05, 4.69) is 27.4 Å². The van der Waals surface area contributed by atoms with Gasteiger partial charge in [-0.05, 0) is 32.6 Å². The summed E-state index contributed by atoms with van der Waals surface area (Å²) in [4.78, 5) is 11.9. The van der Waals surface area contributed by atoms with Crippen LogP contribution in [-0.4, -0.2) is 24.8 Å². The maximum absolute atomic E-state index is 11.9. The number of methoxy groups -OCH3 is 1. The Balaban J connectivity index is 2.86. The molecule has 104 valence electrons. The average molecular weight is 254 g/mol. The van der Waals surface area contributed by atoms with Gasteiger partial charge in [-0.15, -0.1) is 0 Å². The fraction of sp³-hybridized carbons (Fsp3) is 0.800. The van der Waals surface area contributed by atoms with Gasteiger partial charge in [0.1, 0.15) is 5.60 Å². The van der Waals surface area contributed by atoms with E-state index in [9.17, 15) is 4.79 Å². The molecular weight excluding hydrogens is 228 g/mol. The second-order valence-electron chi connectivity index (χ2n) is 6.35. The van der Waals surface area contributed by atoms with Gasteiger partial charge in [0.25, 0.3) is 0 Å². The predicted octanol–water partition coefficient (Wildman–Crippen LogP) is 3.48. The molecule has 0 spiro atoms. The van der Waals surface area contributed by atoms with Crippen molar-refractivity contribution in [1.82, 2.24) is 0 Å². The monoisotopic (exact) mass is 254 g/mol. The molecule has 1 rings (SSSR count). The quantitative estimate of drug-likeness (QED) is 0.571. The number of hydrogen-bond acceptors (Lipinski definition) is 3. The van der Waals surface area contributed by atoms with Gasteiger partial charge in [0.15, 0.2) is 0 Å². The van der Waals surface area contributed by atoms with Gasteiger partial charge in [0, 0.05) is 18.1 Å². The highest BCUT2D eigenvalue weighted by Gasteiger charge is 2.47. The zero-order chi connectivity index (χ0) is 14.0. The molecule has 0 unspecified atom stereocenters. The van der Waals surface area contributed by atoms with Crippen molar-refractivity contribution in [1.29, 1.82) is 0 Å². The van der Waals surface area contributed by atoms with Gasteiger partial charge in [-0.2, -0.15) is 0 Å². The summed E-state index contributed by atoms with van der Waals surface area (Å²) in [5.74, 6) is -0.277. The number of hydrogen-bond donors (Lipinski definition) is 0. The number of rotatable bonds is 3. The topological polar surface area (TPSA) is 35.5 Å². The van der Waals surface area contributed by atoms with E-state index in [-0.39, 0.29) is 11.4 Å². The van der Waals surface area contributed by atoms with Gasteiger partial charge in [-0.25, -0.2) is 4.79 Å². The van der Waals surface area contributed by atoms with Crippen molar-refractivity contribution >= 4 is 5.97 Å². The number of carbonyl (C=O) groups is 1. The Kier molecular flexibility index (Phi) is 4.60. The first kappa shape index (κ1) is 15.2. The number of ether oxygens (including phenoxy) is 2. The van der Waals surface area contributed by atoms with Crippen LogP contribution in [0.2, 0.25) is 0 Å². The largest absolute Gasteiger partial charge is 0.455 e. The first-order valence-corrected chi connectivity index (χ1v) is 6.63. The summed E-state index contributed by atoms with van der Waals surface area (Å²) in [5.41, 5.74) is 0.00186. The van der Waals surface area contributed by atoms with Crippen LogP contribution >= 0.6 is 0 Å². The molecule has 1 saturated carbocycles. The van der Waals surface area contributed by atoms with Crippen molar-refractivity contribution < 1.29 is 14.3 Å². The Morgan fingerprint density at radius 1 is 1.28 bits per heavy atom. The van der Waals surface area contributed by atoms with Gasteiger partial charge in [-0.3, -0.25) is 0 Å². The lowest BCUT2D eigenvalue weighted by Gasteiger charge is -2.47. The Morgan fingerprint density at radius 2 is 1.78 bits per heavy atom. The standard InChI is InChI=1S/C15H26O3/c1-11(2)13(16)18-15(14(3,4)5)9-7-12(17-6)8-10-15/h12H,1,7-10H2,2-6H3. The Morgan fingerprint density at radius 3 is 2.11 bits per heavy atom. The lowest BCUT2D eigenvalue weighted by molar-refractivity contribution is -0.179. The minimum Gasteiger partial charge on any atom is -0.455 e. The highest BCUT2D eigenvalue weighted by Crippen LogP contribution is 2.45. The SMILES string of the molecule is C=C(C)C(=O)OC1(C(C)(C)C)CCC(OC)CC1. The third-order valence-electron chi connectivity index (χ3n) is 4.08. The van der Waals surface area contributed by atoms with Crippen molar-refractivity contribution in [2.24, 2.45) is 5.41 Å². The highest BCUT2D eigenvalue weighted by molar-refractivity contribution is 5.87. The molecule has 1 aliphatic rings. The Hall–Kier alpha value is -0.830. The van der Waals surface area contributed by atoms with E-state index in [1.54, 1.807) is 14.0 Å². The van der Waals surface area contributed by atoms with Gasteiger partial charge in [0.05, 0.1) is 6.10 Å². The van der Waals surface area contributed by atoms with Crippen LogP contribution in [0.1, 0.15) is 53.4 Å². The molecule has 0 atom stereocenters. The molecule has 1 aliphatic carbocycles. The summed E-state index contributed by atoms with van der Waals surface area (Å²) in [6, 6.07) is 0. The fourth-order valence-electron chi connectivity index (χ4n) is 2.56. The molecule has 3 nitrogen and oxygen atoms in total. The van der Waals surface area contributed by atoms with Crippen LogP contribution in [-0.2, 0) is 14.3 Å². The normalized spacial score (nSPS) is 28.8. The molecule has 0 aromatic carbocycles. The van der Waals surface area contributed by atoms with Gasteiger partial charge < -0.3 is 9.47 Å². The maximum Gasteiger partial charge on any atom is 0.333 e. The van der Waals surface area contributed by atoms with Crippen LogP contribution < -0.4 is 0 Å². The summed E-state index contributed by atoms with van der Waals surface area (Å²) in [6.45, 7) is 11.8. The second kappa shape index (κ2) is 5.43. The zero-order valence-electron chi connectivity index (χ0n) is 12.3. The van der Waals surface area contributed by atoms with E-state index in [0.717, 1.165) is 25.7 Å². The summed E-state index contributed by atoms with van der Waals surface area (Å²) in [5, 5.41) is 0. The Bertz CT molecular complexity index is 317. The van der Waals surface area contributed by atoms with E-state index in [1.807, 2.05) is 0 Å². The minimum absolute atomic E-state index is 0.0726. The summed E-state index contributed by atoms with van der Waals surface area (Å²) in [6.07, 6.45) is 3.89. The molecule has 0 aliphatic heterocycles. The smallest absolute Gasteiger partial charge is 0.333 e. The number of esters is 1. The first-order valence-electron chi connectivity index (χ1n) is 6.63. The van der Waals surface area contributed by atoms with E-state index in [4.69, 9.17) is 9.47 Å².